The van der Waals surface area contributed by atoms with Crippen molar-refractivity contribution in [1.29, 1.82) is 0 Å². The first-order valence-electron chi connectivity index (χ1n) is 8.70. The van der Waals surface area contributed by atoms with E-state index in [0.29, 0.717) is 24.2 Å². The fourth-order valence-corrected chi connectivity index (χ4v) is 3.85. The third kappa shape index (κ3) is 2.36. The molecule has 8 heteroatoms. The Morgan fingerprint density at radius 2 is 1.96 bits per heavy atom. The molecule has 2 amide bonds. The standard InChI is InChI=1S/C19H21N5O3/c1-19(2)11-6-5-10(9-13(11)23(3)17(19)26)24-8-7-12-14(16(24)25)15(20)22-18(21-12)27-4/h5-6,9H,7-8H2,1-4H3,(H2,20,21,22). The molecule has 2 aliphatic heterocycles. The second-order valence-electron chi connectivity index (χ2n) is 7.31. The molecule has 0 saturated carbocycles. The van der Waals surface area contributed by atoms with Gasteiger partial charge in [-0.05, 0) is 31.5 Å². The van der Waals surface area contributed by atoms with E-state index in [1.165, 1.54) is 7.11 Å². The van der Waals surface area contributed by atoms with Gasteiger partial charge in [-0.3, -0.25) is 9.59 Å². The fraction of sp³-hybridized carbons (Fsp3) is 0.368. The minimum atomic E-state index is -0.573. The predicted molar refractivity (Wildman–Crippen MR) is 101 cm³/mol. The molecule has 0 aliphatic carbocycles. The number of amides is 2. The van der Waals surface area contributed by atoms with Crippen LogP contribution in [0.2, 0.25) is 0 Å². The first kappa shape index (κ1) is 17.3. The largest absolute Gasteiger partial charge is 0.467 e. The summed E-state index contributed by atoms with van der Waals surface area (Å²) in [5.74, 6) is -0.0987. The second kappa shape index (κ2) is 5.67. The molecule has 0 spiro atoms. The topological polar surface area (TPSA) is 102 Å². The SMILES string of the molecule is COc1nc(N)c2c(n1)CCN(c1ccc3c(c1)N(C)C(=O)C3(C)C)C2=O. The van der Waals surface area contributed by atoms with Gasteiger partial charge in [-0.25, -0.2) is 0 Å². The fourth-order valence-electron chi connectivity index (χ4n) is 3.85. The Balaban J connectivity index is 1.75. The van der Waals surface area contributed by atoms with E-state index in [2.05, 4.69) is 9.97 Å². The Labute approximate surface area is 156 Å². The van der Waals surface area contributed by atoms with Crippen LogP contribution < -0.4 is 20.3 Å². The molecule has 0 radical (unpaired) electrons. The van der Waals surface area contributed by atoms with Crippen LogP contribution >= 0.6 is 0 Å². The Bertz CT molecular complexity index is 986. The maximum atomic E-state index is 13.1. The second-order valence-corrected chi connectivity index (χ2v) is 7.31. The number of nitrogens with two attached hydrogens (primary N) is 1. The van der Waals surface area contributed by atoms with Crippen molar-refractivity contribution in [3.8, 4) is 6.01 Å². The van der Waals surface area contributed by atoms with Gasteiger partial charge in [0.2, 0.25) is 5.91 Å². The normalized spacial score (nSPS) is 17.8. The lowest BCUT2D eigenvalue weighted by molar-refractivity contribution is -0.121. The van der Waals surface area contributed by atoms with Gasteiger partial charge in [-0.1, -0.05) is 6.07 Å². The number of benzene rings is 1. The van der Waals surface area contributed by atoms with E-state index in [1.807, 2.05) is 32.0 Å². The van der Waals surface area contributed by atoms with E-state index >= 15 is 0 Å². The van der Waals surface area contributed by atoms with Crippen LogP contribution in [0.3, 0.4) is 0 Å². The van der Waals surface area contributed by atoms with Crippen LogP contribution in [0.1, 0.15) is 35.5 Å². The highest BCUT2D eigenvalue weighted by Gasteiger charge is 2.42. The molecule has 27 heavy (non-hydrogen) atoms. The average Bonchev–Trinajstić information content (AvgIpc) is 2.81. The summed E-state index contributed by atoms with van der Waals surface area (Å²) in [6, 6.07) is 5.83. The highest BCUT2D eigenvalue weighted by molar-refractivity contribution is 6.12. The molecule has 0 atom stereocenters. The number of anilines is 3. The summed E-state index contributed by atoms with van der Waals surface area (Å²) in [5, 5.41) is 0. The molecule has 3 heterocycles. The number of rotatable bonds is 2. The van der Waals surface area contributed by atoms with Crippen molar-refractivity contribution in [3.63, 3.8) is 0 Å². The van der Waals surface area contributed by atoms with E-state index < -0.39 is 5.41 Å². The Morgan fingerprint density at radius 1 is 1.22 bits per heavy atom. The molecule has 8 nitrogen and oxygen atoms in total. The van der Waals surface area contributed by atoms with E-state index in [4.69, 9.17) is 10.5 Å². The molecular weight excluding hydrogens is 346 g/mol. The number of carbonyl (C=O) groups is 2. The van der Waals surface area contributed by atoms with Crippen molar-refractivity contribution in [1.82, 2.24) is 9.97 Å². The monoisotopic (exact) mass is 367 g/mol. The molecule has 0 saturated heterocycles. The molecule has 0 bridgehead atoms. The number of nitrogen functional groups attached to an aromatic ring is 1. The number of hydrogen-bond donors (Lipinski definition) is 1. The molecule has 1 aromatic carbocycles. The Morgan fingerprint density at radius 3 is 2.67 bits per heavy atom. The van der Waals surface area contributed by atoms with Crippen LogP contribution in [0.15, 0.2) is 18.2 Å². The van der Waals surface area contributed by atoms with E-state index in [-0.39, 0.29) is 23.6 Å². The lowest BCUT2D eigenvalue weighted by Gasteiger charge is -2.29. The van der Waals surface area contributed by atoms with E-state index in [1.54, 1.807) is 16.8 Å². The summed E-state index contributed by atoms with van der Waals surface area (Å²) < 4.78 is 5.03. The number of hydrogen-bond acceptors (Lipinski definition) is 6. The van der Waals surface area contributed by atoms with Gasteiger partial charge < -0.3 is 20.3 Å². The van der Waals surface area contributed by atoms with Gasteiger partial charge in [0.1, 0.15) is 11.4 Å². The number of carbonyl (C=O) groups excluding carboxylic acids is 2. The smallest absolute Gasteiger partial charge is 0.318 e. The van der Waals surface area contributed by atoms with Gasteiger partial charge in [-0.2, -0.15) is 9.97 Å². The summed E-state index contributed by atoms with van der Waals surface area (Å²) >= 11 is 0. The molecule has 1 aromatic heterocycles. The van der Waals surface area contributed by atoms with Crippen LogP contribution in [-0.4, -0.2) is 42.5 Å². The van der Waals surface area contributed by atoms with Crippen molar-refractivity contribution in [2.45, 2.75) is 25.7 Å². The molecule has 2 aromatic rings. The zero-order valence-electron chi connectivity index (χ0n) is 15.7. The summed E-state index contributed by atoms with van der Waals surface area (Å²) in [6.07, 6.45) is 0.543. The molecule has 4 rings (SSSR count). The van der Waals surface area contributed by atoms with Crippen LogP contribution in [0.5, 0.6) is 6.01 Å². The summed E-state index contributed by atoms with van der Waals surface area (Å²) in [5.41, 5.74) is 8.81. The first-order chi connectivity index (χ1) is 12.8. The van der Waals surface area contributed by atoms with Gasteiger partial charge in [0.05, 0.1) is 18.2 Å². The molecule has 140 valence electrons. The zero-order chi connectivity index (χ0) is 19.5. The Kier molecular flexibility index (Phi) is 3.62. The average molecular weight is 367 g/mol. The van der Waals surface area contributed by atoms with E-state index in [9.17, 15) is 9.59 Å². The van der Waals surface area contributed by atoms with Gasteiger partial charge in [0, 0.05) is 31.4 Å². The maximum Gasteiger partial charge on any atom is 0.318 e. The van der Waals surface area contributed by atoms with Crippen LogP contribution in [-0.2, 0) is 16.6 Å². The van der Waals surface area contributed by atoms with Crippen LogP contribution in [0.25, 0.3) is 0 Å². The summed E-state index contributed by atoms with van der Waals surface area (Å²) in [6.45, 7) is 4.28. The Hall–Kier alpha value is -3.16. The predicted octanol–water partition coefficient (Wildman–Crippen LogP) is 1.52. The summed E-state index contributed by atoms with van der Waals surface area (Å²) in [4.78, 5) is 37.1. The minimum absolute atomic E-state index is 0.0368. The molecule has 0 unspecified atom stereocenters. The number of aromatic nitrogens is 2. The molecule has 2 aliphatic rings. The number of fused-ring (bicyclic) bond motifs is 2. The molecular formula is C19H21N5O3. The zero-order valence-corrected chi connectivity index (χ0v) is 15.7. The highest BCUT2D eigenvalue weighted by Crippen LogP contribution is 2.43. The van der Waals surface area contributed by atoms with Crippen molar-refractivity contribution in [2.75, 3.05) is 36.2 Å². The molecule has 2 N–H and O–H groups in total. The summed E-state index contributed by atoms with van der Waals surface area (Å²) in [7, 11) is 3.22. The van der Waals surface area contributed by atoms with Gasteiger partial charge >= 0.3 is 6.01 Å². The molecule has 0 fully saturated rings. The maximum absolute atomic E-state index is 13.1. The number of nitrogens with zero attached hydrogens (tertiary/aromatic N) is 4. The van der Waals surface area contributed by atoms with E-state index in [0.717, 1.165) is 16.9 Å². The van der Waals surface area contributed by atoms with Gasteiger partial charge in [0.25, 0.3) is 5.91 Å². The highest BCUT2D eigenvalue weighted by atomic mass is 16.5. The van der Waals surface area contributed by atoms with Crippen molar-refractivity contribution >= 4 is 29.0 Å². The van der Waals surface area contributed by atoms with Crippen molar-refractivity contribution in [2.24, 2.45) is 0 Å². The van der Waals surface area contributed by atoms with Gasteiger partial charge in [0.15, 0.2) is 0 Å². The third-order valence-corrected chi connectivity index (χ3v) is 5.37. The van der Waals surface area contributed by atoms with Crippen LogP contribution in [0.4, 0.5) is 17.2 Å². The number of ether oxygens (including phenoxy) is 1. The minimum Gasteiger partial charge on any atom is -0.467 e. The van der Waals surface area contributed by atoms with Gasteiger partial charge in [-0.15, -0.1) is 0 Å². The number of likely N-dealkylation sites (N-methyl/N-ethyl adjacent to an activating group) is 1. The quantitative estimate of drug-likeness (QED) is 0.864. The third-order valence-electron chi connectivity index (χ3n) is 5.37. The van der Waals surface area contributed by atoms with Crippen molar-refractivity contribution in [3.05, 3.63) is 35.0 Å². The first-order valence-corrected chi connectivity index (χ1v) is 8.70. The lowest BCUT2D eigenvalue weighted by atomic mass is 9.86. The number of methoxy groups -OCH3 is 1. The van der Waals surface area contributed by atoms with Crippen molar-refractivity contribution < 1.29 is 14.3 Å². The lowest BCUT2D eigenvalue weighted by Crippen LogP contribution is -2.39. The van der Waals surface area contributed by atoms with Crippen LogP contribution in [0, 0.1) is 0 Å².